The number of esters is 1. The Labute approximate surface area is 120 Å². The molecule has 1 aromatic carbocycles. The molecule has 0 aliphatic heterocycles. The van der Waals surface area contributed by atoms with Crippen molar-refractivity contribution in [1.82, 2.24) is 4.90 Å². The molecule has 7 nitrogen and oxygen atoms in total. The number of nitrogens with one attached hydrogen (secondary N) is 1. The van der Waals surface area contributed by atoms with Crippen LogP contribution in [0.2, 0.25) is 0 Å². The van der Waals surface area contributed by atoms with Gasteiger partial charge in [-0.15, -0.1) is 0 Å². The molecule has 8 heteroatoms. The minimum absolute atomic E-state index is 0.173. The molecule has 0 unspecified atom stereocenters. The predicted molar refractivity (Wildman–Crippen MR) is 71.6 cm³/mol. The zero-order valence-corrected chi connectivity index (χ0v) is 11.6. The Balaban J connectivity index is 2.82. The van der Waals surface area contributed by atoms with Crippen LogP contribution in [-0.4, -0.2) is 48.2 Å². The first-order valence-corrected chi connectivity index (χ1v) is 6.04. The molecular weight excluding hydrogens is 283 g/mol. The van der Waals surface area contributed by atoms with Crippen LogP contribution in [0.4, 0.5) is 14.9 Å². The van der Waals surface area contributed by atoms with Gasteiger partial charge in [0.15, 0.2) is 0 Å². The standard InChI is InChI=1S/C13H15FN2O5/c1-3-16(7-11(17)21-2)13(20)15-10-5-4-8(12(18)19)6-9(10)14/h4-6H,3,7H2,1-2H3,(H,15,20)(H,18,19). The topological polar surface area (TPSA) is 95.9 Å². The fourth-order valence-electron chi connectivity index (χ4n) is 1.49. The number of nitrogens with zero attached hydrogens (tertiary/aromatic N) is 1. The lowest BCUT2D eigenvalue weighted by Gasteiger charge is -2.20. The number of halogens is 1. The summed E-state index contributed by atoms with van der Waals surface area (Å²) in [6.07, 6.45) is 0. The Morgan fingerprint density at radius 3 is 2.52 bits per heavy atom. The SMILES string of the molecule is CCN(CC(=O)OC)C(=O)Nc1ccc(C(=O)O)cc1F. The molecule has 21 heavy (non-hydrogen) atoms. The van der Waals surface area contributed by atoms with Crippen LogP contribution in [0.25, 0.3) is 0 Å². The molecule has 0 atom stereocenters. The molecule has 0 bridgehead atoms. The van der Waals surface area contributed by atoms with Gasteiger partial charge in [0.25, 0.3) is 0 Å². The van der Waals surface area contributed by atoms with Crippen molar-refractivity contribution in [3.63, 3.8) is 0 Å². The highest BCUT2D eigenvalue weighted by atomic mass is 19.1. The Morgan fingerprint density at radius 1 is 1.38 bits per heavy atom. The summed E-state index contributed by atoms with van der Waals surface area (Å²) in [6, 6.07) is 2.42. The number of rotatable bonds is 5. The van der Waals surface area contributed by atoms with Gasteiger partial charge in [-0.25, -0.2) is 14.0 Å². The lowest BCUT2D eigenvalue weighted by Crippen LogP contribution is -2.39. The number of urea groups is 1. The summed E-state index contributed by atoms with van der Waals surface area (Å²) in [6.45, 7) is 1.59. The highest BCUT2D eigenvalue weighted by Gasteiger charge is 2.17. The van der Waals surface area contributed by atoms with E-state index in [1.807, 2.05) is 0 Å². The van der Waals surface area contributed by atoms with Crippen LogP contribution >= 0.6 is 0 Å². The molecule has 1 rings (SSSR count). The van der Waals surface area contributed by atoms with E-state index in [9.17, 15) is 18.8 Å². The smallest absolute Gasteiger partial charge is 0.335 e. The third kappa shape index (κ3) is 4.44. The first kappa shape index (κ1) is 16.4. The van der Waals surface area contributed by atoms with Crippen LogP contribution in [0.5, 0.6) is 0 Å². The van der Waals surface area contributed by atoms with Gasteiger partial charge in [-0.2, -0.15) is 0 Å². The zero-order valence-electron chi connectivity index (χ0n) is 11.6. The molecule has 0 radical (unpaired) electrons. The number of ether oxygens (including phenoxy) is 1. The number of likely N-dealkylation sites (N-methyl/N-ethyl adjacent to an activating group) is 1. The monoisotopic (exact) mass is 298 g/mol. The summed E-state index contributed by atoms with van der Waals surface area (Å²) >= 11 is 0. The molecule has 0 aliphatic carbocycles. The number of carbonyl (C=O) groups excluding carboxylic acids is 2. The second kappa shape index (κ2) is 7.22. The molecule has 1 aromatic rings. The van der Waals surface area contributed by atoms with Crippen LogP contribution in [-0.2, 0) is 9.53 Å². The third-order valence-electron chi connectivity index (χ3n) is 2.67. The summed E-state index contributed by atoms with van der Waals surface area (Å²) < 4.78 is 18.1. The minimum atomic E-state index is -1.27. The number of hydrogen-bond acceptors (Lipinski definition) is 4. The Kier molecular flexibility index (Phi) is 5.65. The molecule has 0 saturated carbocycles. The lowest BCUT2D eigenvalue weighted by atomic mass is 10.2. The highest BCUT2D eigenvalue weighted by molar-refractivity contribution is 5.93. The third-order valence-corrected chi connectivity index (χ3v) is 2.67. The van der Waals surface area contributed by atoms with Crippen molar-refractivity contribution in [1.29, 1.82) is 0 Å². The molecule has 114 valence electrons. The molecule has 0 heterocycles. The van der Waals surface area contributed by atoms with Crippen LogP contribution in [0.15, 0.2) is 18.2 Å². The van der Waals surface area contributed by atoms with Crippen molar-refractivity contribution in [2.75, 3.05) is 25.5 Å². The number of carboxylic acid groups (broad SMARTS) is 1. The zero-order chi connectivity index (χ0) is 16.0. The molecular formula is C13H15FN2O5. The van der Waals surface area contributed by atoms with E-state index in [2.05, 4.69) is 10.1 Å². The molecule has 0 spiro atoms. The highest BCUT2D eigenvalue weighted by Crippen LogP contribution is 2.16. The number of carboxylic acids is 1. The lowest BCUT2D eigenvalue weighted by molar-refractivity contribution is -0.141. The normalized spacial score (nSPS) is 9.86. The molecule has 0 saturated heterocycles. The number of amides is 2. The first-order chi connectivity index (χ1) is 9.88. The summed E-state index contributed by atoms with van der Waals surface area (Å²) in [5.41, 5.74) is -0.402. The van der Waals surface area contributed by atoms with Crippen LogP contribution in [0.3, 0.4) is 0 Å². The van der Waals surface area contributed by atoms with E-state index in [-0.39, 0.29) is 24.3 Å². The largest absolute Gasteiger partial charge is 0.478 e. The number of aromatic carboxylic acids is 1. The Hall–Kier alpha value is -2.64. The number of benzene rings is 1. The first-order valence-electron chi connectivity index (χ1n) is 6.04. The van der Waals surface area contributed by atoms with Gasteiger partial charge in [0.2, 0.25) is 0 Å². The van der Waals surface area contributed by atoms with Gasteiger partial charge in [0, 0.05) is 6.54 Å². The van der Waals surface area contributed by atoms with Crippen molar-refractivity contribution < 1.29 is 28.6 Å². The van der Waals surface area contributed by atoms with Gasteiger partial charge in [-0.1, -0.05) is 0 Å². The summed E-state index contributed by atoms with van der Waals surface area (Å²) in [5.74, 6) is -2.75. The van der Waals surface area contributed by atoms with Gasteiger partial charge in [0.05, 0.1) is 18.4 Å². The maximum Gasteiger partial charge on any atom is 0.335 e. The fourth-order valence-corrected chi connectivity index (χ4v) is 1.49. The second-order valence-electron chi connectivity index (χ2n) is 4.02. The molecule has 0 aromatic heterocycles. The van der Waals surface area contributed by atoms with Gasteiger partial charge < -0.3 is 20.1 Å². The minimum Gasteiger partial charge on any atom is -0.478 e. The van der Waals surface area contributed by atoms with Crippen molar-refractivity contribution in [2.24, 2.45) is 0 Å². The molecule has 2 N–H and O–H groups in total. The van der Waals surface area contributed by atoms with E-state index < -0.39 is 23.8 Å². The van der Waals surface area contributed by atoms with Gasteiger partial charge in [0.1, 0.15) is 12.4 Å². The van der Waals surface area contributed by atoms with E-state index in [4.69, 9.17) is 5.11 Å². The number of methoxy groups -OCH3 is 1. The second-order valence-corrected chi connectivity index (χ2v) is 4.02. The summed E-state index contributed by atoms with van der Waals surface area (Å²) in [5, 5.41) is 11.0. The molecule has 2 amide bonds. The van der Waals surface area contributed by atoms with Crippen molar-refractivity contribution >= 4 is 23.7 Å². The van der Waals surface area contributed by atoms with Gasteiger partial charge >= 0.3 is 18.0 Å². The van der Waals surface area contributed by atoms with E-state index >= 15 is 0 Å². The van der Waals surface area contributed by atoms with Crippen LogP contribution in [0.1, 0.15) is 17.3 Å². The van der Waals surface area contributed by atoms with Crippen LogP contribution in [0, 0.1) is 5.82 Å². The van der Waals surface area contributed by atoms with Gasteiger partial charge in [-0.3, -0.25) is 4.79 Å². The fraction of sp³-hybridized carbons (Fsp3) is 0.308. The summed E-state index contributed by atoms with van der Waals surface area (Å²) in [4.78, 5) is 34.8. The maximum atomic E-state index is 13.7. The number of carbonyl (C=O) groups is 3. The molecule has 0 fully saturated rings. The summed E-state index contributed by atoms with van der Waals surface area (Å²) in [7, 11) is 1.19. The van der Waals surface area contributed by atoms with Crippen molar-refractivity contribution in [3.8, 4) is 0 Å². The Bertz CT molecular complexity index is 561. The van der Waals surface area contributed by atoms with E-state index in [1.54, 1.807) is 6.92 Å². The van der Waals surface area contributed by atoms with E-state index in [0.29, 0.717) is 0 Å². The van der Waals surface area contributed by atoms with Crippen LogP contribution < -0.4 is 5.32 Å². The van der Waals surface area contributed by atoms with Gasteiger partial charge in [-0.05, 0) is 25.1 Å². The number of anilines is 1. The molecule has 0 aliphatic rings. The number of hydrogen-bond donors (Lipinski definition) is 2. The van der Waals surface area contributed by atoms with E-state index in [0.717, 1.165) is 23.1 Å². The predicted octanol–water partition coefficient (Wildman–Crippen LogP) is 1.55. The quantitative estimate of drug-likeness (QED) is 0.804. The maximum absolute atomic E-state index is 13.7. The van der Waals surface area contributed by atoms with E-state index in [1.165, 1.54) is 7.11 Å². The van der Waals surface area contributed by atoms with Crippen molar-refractivity contribution in [2.45, 2.75) is 6.92 Å². The Morgan fingerprint density at radius 2 is 2.05 bits per heavy atom. The average Bonchev–Trinajstić information content (AvgIpc) is 2.46. The van der Waals surface area contributed by atoms with Crippen molar-refractivity contribution in [3.05, 3.63) is 29.6 Å². The average molecular weight is 298 g/mol.